The average Bonchev–Trinajstić information content (AvgIpc) is 2.52. The van der Waals surface area contributed by atoms with Crippen LogP contribution in [0.2, 0.25) is 0 Å². The fourth-order valence-electron chi connectivity index (χ4n) is 3.75. The van der Waals surface area contributed by atoms with Crippen LogP contribution < -0.4 is 0 Å². The van der Waals surface area contributed by atoms with Crippen molar-refractivity contribution < 1.29 is 4.79 Å². The van der Waals surface area contributed by atoms with E-state index in [1.807, 2.05) is 6.08 Å². The topological polar surface area (TPSA) is 17.1 Å². The Labute approximate surface area is 98.6 Å². The molecule has 1 nitrogen and oxygen atoms in total. The van der Waals surface area contributed by atoms with Crippen LogP contribution in [-0.4, -0.2) is 5.78 Å². The number of carbonyl (C=O) groups excluding carboxylic acids is 1. The molecule has 0 bridgehead atoms. The van der Waals surface area contributed by atoms with Crippen molar-refractivity contribution in [1.29, 1.82) is 0 Å². The number of rotatable bonds is 1. The molecule has 0 saturated heterocycles. The molecule has 0 aromatic heterocycles. The second kappa shape index (κ2) is 3.87. The molecule has 88 valence electrons. The molecule has 0 amide bonds. The highest BCUT2D eigenvalue weighted by atomic mass is 16.1. The molecule has 0 radical (unpaired) electrons. The van der Waals surface area contributed by atoms with Gasteiger partial charge in [0.1, 0.15) is 0 Å². The zero-order valence-corrected chi connectivity index (χ0v) is 10.7. The van der Waals surface area contributed by atoms with E-state index in [1.54, 1.807) is 0 Å². The van der Waals surface area contributed by atoms with E-state index < -0.39 is 0 Å². The summed E-state index contributed by atoms with van der Waals surface area (Å²) in [6, 6.07) is 0. The Kier molecular flexibility index (Phi) is 2.81. The molecular weight excluding hydrogens is 196 g/mol. The van der Waals surface area contributed by atoms with Crippen LogP contribution in [0, 0.1) is 17.3 Å². The number of hydrogen-bond donors (Lipinski definition) is 0. The average molecular weight is 218 g/mol. The van der Waals surface area contributed by atoms with Crippen molar-refractivity contribution in [2.45, 2.75) is 46.5 Å². The van der Waals surface area contributed by atoms with E-state index in [0.29, 0.717) is 17.6 Å². The SMILES string of the molecule is C=C(C)[C@@H]1CC[C@@H](C)[C@@]12CCC(C)=CC2=O. The van der Waals surface area contributed by atoms with Crippen molar-refractivity contribution in [1.82, 2.24) is 0 Å². The van der Waals surface area contributed by atoms with E-state index in [2.05, 4.69) is 27.4 Å². The van der Waals surface area contributed by atoms with Crippen molar-refractivity contribution in [3.05, 3.63) is 23.8 Å². The Bertz CT molecular complexity index is 364. The minimum atomic E-state index is -0.106. The molecular formula is C15H22O. The lowest BCUT2D eigenvalue weighted by Gasteiger charge is -2.40. The Hall–Kier alpha value is -0.850. The number of allylic oxidation sites excluding steroid dienone is 3. The highest BCUT2D eigenvalue weighted by Gasteiger charge is 2.53. The number of carbonyl (C=O) groups is 1. The van der Waals surface area contributed by atoms with Gasteiger partial charge in [0, 0.05) is 5.41 Å². The molecule has 0 N–H and O–H groups in total. The summed E-state index contributed by atoms with van der Waals surface area (Å²) in [7, 11) is 0. The van der Waals surface area contributed by atoms with Gasteiger partial charge in [-0.15, -0.1) is 0 Å². The molecule has 1 heteroatoms. The molecule has 0 aromatic rings. The summed E-state index contributed by atoms with van der Waals surface area (Å²) < 4.78 is 0. The third kappa shape index (κ3) is 1.49. The van der Waals surface area contributed by atoms with Crippen LogP contribution in [-0.2, 0) is 4.79 Å². The first-order chi connectivity index (χ1) is 7.48. The third-order valence-corrected chi connectivity index (χ3v) is 4.75. The fourth-order valence-corrected chi connectivity index (χ4v) is 3.75. The molecule has 16 heavy (non-hydrogen) atoms. The Morgan fingerprint density at radius 3 is 2.75 bits per heavy atom. The lowest BCUT2D eigenvalue weighted by atomic mass is 9.62. The predicted octanol–water partition coefficient (Wildman–Crippen LogP) is 3.90. The van der Waals surface area contributed by atoms with E-state index in [9.17, 15) is 4.79 Å². The van der Waals surface area contributed by atoms with Crippen LogP contribution in [0.5, 0.6) is 0 Å². The molecule has 1 fully saturated rings. The van der Waals surface area contributed by atoms with Crippen LogP contribution >= 0.6 is 0 Å². The zero-order chi connectivity index (χ0) is 11.9. The van der Waals surface area contributed by atoms with Crippen LogP contribution in [0.1, 0.15) is 46.5 Å². The van der Waals surface area contributed by atoms with E-state index in [0.717, 1.165) is 19.3 Å². The summed E-state index contributed by atoms with van der Waals surface area (Å²) in [6.07, 6.45) is 6.33. The first kappa shape index (κ1) is 11.6. The summed E-state index contributed by atoms with van der Waals surface area (Å²) in [5.41, 5.74) is 2.34. The van der Waals surface area contributed by atoms with E-state index in [4.69, 9.17) is 0 Å². The normalized spacial score (nSPS) is 38.9. The van der Waals surface area contributed by atoms with Crippen molar-refractivity contribution >= 4 is 5.78 Å². The molecule has 0 unspecified atom stereocenters. The first-order valence-corrected chi connectivity index (χ1v) is 6.35. The minimum Gasteiger partial charge on any atom is -0.294 e. The Morgan fingerprint density at radius 1 is 1.50 bits per heavy atom. The standard InChI is InChI=1S/C15H22O/c1-10(2)13-6-5-12(4)15(13)8-7-11(3)9-14(15)16/h9,12-13H,1,5-8H2,2-4H3/t12-,13+,15+/m1/s1. The summed E-state index contributed by atoms with van der Waals surface area (Å²) in [5.74, 6) is 1.31. The van der Waals surface area contributed by atoms with Crippen LogP contribution in [0.4, 0.5) is 0 Å². The maximum Gasteiger partial charge on any atom is 0.162 e. The van der Waals surface area contributed by atoms with Crippen LogP contribution in [0.3, 0.4) is 0 Å². The minimum absolute atomic E-state index is 0.106. The fraction of sp³-hybridized carbons (Fsp3) is 0.667. The highest BCUT2D eigenvalue weighted by Crippen LogP contribution is 2.55. The van der Waals surface area contributed by atoms with Gasteiger partial charge in [-0.3, -0.25) is 4.79 Å². The Balaban J connectivity index is 2.42. The van der Waals surface area contributed by atoms with Crippen molar-refractivity contribution in [2.75, 3.05) is 0 Å². The van der Waals surface area contributed by atoms with Crippen LogP contribution in [0.25, 0.3) is 0 Å². The number of ketones is 1. The van der Waals surface area contributed by atoms with Gasteiger partial charge in [0.15, 0.2) is 5.78 Å². The maximum atomic E-state index is 12.4. The first-order valence-electron chi connectivity index (χ1n) is 6.35. The van der Waals surface area contributed by atoms with Gasteiger partial charge in [-0.2, -0.15) is 0 Å². The Morgan fingerprint density at radius 2 is 2.19 bits per heavy atom. The van der Waals surface area contributed by atoms with Gasteiger partial charge in [-0.1, -0.05) is 24.6 Å². The molecule has 0 aromatic carbocycles. The molecule has 2 rings (SSSR count). The second-order valence-electron chi connectivity index (χ2n) is 5.77. The van der Waals surface area contributed by atoms with Crippen LogP contribution in [0.15, 0.2) is 23.8 Å². The quantitative estimate of drug-likeness (QED) is 0.610. The molecule has 0 heterocycles. The van der Waals surface area contributed by atoms with Gasteiger partial charge in [-0.05, 0) is 57.4 Å². The van der Waals surface area contributed by atoms with Gasteiger partial charge in [-0.25, -0.2) is 0 Å². The number of hydrogen-bond acceptors (Lipinski definition) is 1. The molecule has 1 saturated carbocycles. The third-order valence-electron chi connectivity index (χ3n) is 4.75. The molecule has 0 aliphatic heterocycles. The zero-order valence-electron chi connectivity index (χ0n) is 10.7. The largest absolute Gasteiger partial charge is 0.294 e. The van der Waals surface area contributed by atoms with E-state index in [1.165, 1.54) is 17.6 Å². The van der Waals surface area contributed by atoms with Gasteiger partial charge in [0.05, 0.1) is 0 Å². The van der Waals surface area contributed by atoms with E-state index in [-0.39, 0.29) is 5.41 Å². The summed E-state index contributed by atoms with van der Waals surface area (Å²) in [4.78, 5) is 12.4. The van der Waals surface area contributed by atoms with Crippen molar-refractivity contribution in [3.63, 3.8) is 0 Å². The molecule has 3 atom stereocenters. The molecule has 2 aliphatic carbocycles. The van der Waals surface area contributed by atoms with Gasteiger partial charge in [0.2, 0.25) is 0 Å². The maximum absolute atomic E-state index is 12.4. The summed E-state index contributed by atoms with van der Waals surface area (Å²) >= 11 is 0. The molecule has 1 spiro atoms. The van der Waals surface area contributed by atoms with Crippen molar-refractivity contribution in [3.8, 4) is 0 Å². The summed E-state index contributed by atoms with van der Waals surface area (Å²) in [5, 5.41) is 0. The second-order valence-corrected chi connectivity index (χ2v) is 5.77. The highest BCUT2D eigenvalue weighted by molar-refractivity contribution is 5.97. The molecule has 2 aliphatic rings. The lowest BCUT2D eigenvalue weighted by molar-refractivity contribution is -0.128. The lowest BCUT2D eigenvalue weighted by Crippen LogP contribution is -2.41. The predicted molar refractivity (Wildman–Crippen MR) is 67.1 cm³/mol. The van der Waals surface area contributed by atoms with Gasteiger partial charge in [0.25, 0.3) is 0 Å². The smallest absolute Gasteiger partial charge is 0.162 e. The monoisotopic (exact) mass is 218 g/mol. The van der Waals surface area contributed by atoms with Gasteiger partial charge >= 0.3 is 0 Å². The van der Waals surface area contributed by atoms with Gasteiger partial charge < -0.3 is 0 Å². The summed E-state index contributed by atoms with van der Waals surface area (Å²) in [6.45, 7) is 10.5. The van der Waals surface area contributed by atoms with E-state index >= 15 is 0 Å². The van der Waals surface area contributed by atoms with Crippen molar-refractivity contribution in [2.24, 2.45) is 17.3 Å².